The predicted molar refractivity (Wildman–Crippen MR) is 87.2 cm³/mol. The topological polar surface area (TPSA) is 42.4 Å². The molecule has 2 rings (SSSR count). The van der Waals surface area contributed by atoms with Gasteiger partial charge in [-0.15, -0.1) is 0 Å². The zero-order valence-corrected chi connectivity index (χ0v) is 13.4. The molecule has 4 nitrogen and oxygen atoms in total. The fraction of sp³-hybridized carbons (Fsp3) is 0.333. The Morgan fingerprint density at radius 1 is 1.23 bits per heavy atom. The number of aryl methyl sites for hydroxylation is 2. The van der Waals surface area contributed by atoms with Crippen molar-refractivity contribution < 1.29 is 9.53 Å². The Morgan fingerprint density at radius 2 is 1.95 bits per heavy atom. The van der Waals surface area contributed by atoms with Gasteiger partial charge in [0.1, 0.15) is 18.1 Å². The van der Waals surface area contributed by atoms with Gasteiger partial charge in [-0.1, -0.05) is 25.1 Å². The van der Waals surface area contributed by atoms with Crippen LogP contribution in [0.15, 0.2) is 42.6 Å². The molecule has 0 N–H and O–H groups in total. The second-order valence-electron chi connectivity index (χ2n) is 5.24. The Hall–Kier alpha value is -2.36. The van der Waals surface area contributed by atoms with Crippen LogP contribution < -0.4 is 4.74 Å². The third-order valence-corrected chi connectivity index (χ3v) is 3.59. The molecule has 0 saturated heterocycles. The van der Waals surface area contributed by atoms with E-state index < -0.39 is 0 Å². The number of pyridine rings is 1. The molecule has 2 aromatic rings. The first-order valence-corrected chi connectivity index (χ1v) is 7.50. The zero-order valence-electron chi connectivity index (χ0n) is 13.4. The highest BCUT2D eigenvalue weighted by Gasteiger charge is 2.14. The van der Waals surface area contributed by atoms with Crippen LogP contribution in [0.5, 0.6) is 5.75 Å². The van der Waals surface area contributed by atoms with Crippen LogP contribution in [0.3, 0.4) is 0 Å². The summed E-state index contributed by atoms with van der Waals surface area (Å²) in [6.45, 7) is 4.99. The minimum Gasteiger partial charge on any atom is -0.492 e. The summed E-state index contributed by atoms with van der Waals surface area (Å²) in [5.41, 5.74) is 2.66. The van der Waals surface area contributed by atoms with Crippen molar-refractivity contribution in [1.82, 2.24) is 9.88 Å². The number of likely N-dealkylation sites (N-methyl/N-ethyl adjacent to an activating group) is 1. The Bertz CT molecular complexity index is 623. The van der Waals surface area contributed by atoms with Gasteiger partial charge < -0.3 is 9.64 Å². The minimum atomic E-state index is -0.0805. The molecule has 0 bridgehead atoms. The lowest BCUT2D eigenvalue weighted by Crippen LogP contribution is -2.32. The molecular formula is C18H22N2O2. The largest absolute Gasteiger partial charge is 0.492 e. The highest BCUT2D eigenvalue weighted by atomic mass is 16.5. The molecule has 22 heavy (non-hydrogen) atoms. The van der Waals surface area contributed by atoms with Crippen molar-refractivity contribution in [1.29, 1.82) is 0 Å². The van der Waals surface area contributed by atoms with Gasteiger partial charge in [0.25, 0.3) is 5.91 Å². The van der Waals surface area contributed by atoms with Gasteiger partial charge in [0, 0.05) is 13.2 Å². The first-order chi connectivity index (χ1) is 10.6. The van der Waals surface area contributed by atoms with Crippen LogP contribution in [0.4, 0.5) is 0 Å². The second-order valence-corrected chi connectivity index (χ2v) is 5.24. The molecule has 1 aromatic carbocycles. The number of hydrogen-bond donors (Lipinski definition) is 0. The summed E-state index contributed by atoms with van der Waals surface area (Å²) in [5.74, 6) is 0.745. The monoisotopic (exact) mass is 298 g/mol. The summed E-state index contributed by atoms with van der Waals surface area (Å²) in [6.07, 6.45) is 2.65. The zero-order chi connectivity index (χ0) is 15.9. The summed E-state index contributed by atoms with van der Waals surface area (Å²) in [6, 6.07) is 11.8. The first kappa shape index (κ1) is 16.0. The summed E-state index contributed by atoms with van der Waals surface area (Å²) in [4.78, 5) is 18.1. The van der Waals surface area contributed by atoms with Crippen molar-refractivity contribution in [3.63, 3.8) is 0 Å². The van der Waals surface area contributed by atoms with E-state index in [1.165, 1.54) is 5.56 Å². The summed E-state index contributed by atoms with van der Waals surface area (Å²) in [7, 11) is 1.76. The van der Waals surface area contributed by atoms with Crippen molar-refractivity contribution in [3.05, 3.63) is 59.4 Å². The quantitative estimate of drug-likeness (QED) is 0.823. The Balaban J connectivity index is 1.85. The van der Waals surface area contributed by atoms with Crippen LogP contribution in [-0.2, 0) is 6.42 Å². The normalized spacial score (nSPS) is 10.3. The van der Waals surface area contributed by atoms with E-state index >= 15 is 0 Å². The second kappa shape index (κ2) is 7.59. The van der Waals surface area contributed by atoms with Crippen LogP contribution in [0.2, 0.25) is 0 Å². The van der Waals surface area contributed by atoms with Gasteiger partial charge in [-0.2, -0.15) is 0 Å². The third-order valence-electron chi connectivity index (χ3n) is 3.59. The van der Waals surface area contributed by atoms with Crippen LogP contribution in [0.25, 0.3) is 0 Å². The molecule has 1 amide bonds. The number of aromatic nitrogens is 1. The number of rotatable bonds is 6. The molecule has 0 spiro atoms. The Kier molecular flexibility index (Phi) is 5.53. The number of carbonyl (C=O) groups excluding carboxylic acids is 1. The lowest BCUT2D eigenvalue weighted by molar-refractivity contribution is 0.0767. The third kappa shape index (κ3) is 4.07. The average molecular weight is 298 g/mol. The molecule has 0 unspecified atom stereocenters. The van der Waals surface area contributed by atoms with Gasteiger partial charge >= 0.3 is 0 Å². The SMILES string of the molecule is CCc1ccc(OCCN(C)C(=O)c2ncccc2C)cc1. The van der Waals surface area contributed by atoms with Crippen LogP contribution in [0.1, 0.15) is 28.5 Å². The molecule has 0 aliphatic carbocycles. The maximum atomic E-state index is 12.3. The molecule has 0 aliphatic heterocycles. The molecule has 0 atom stereocenters. The average Bonchev–Trinajstić information content (AvgIpc) is 2.55. The van der Waals surface area contributed by atoms with Gasteiger partial charge in [-0.3, -0.25) is 9.78 Å². The van der Waals surface area contributed by atoms with Gasteiger partial charge in [0.05, 0.1) is 6.54 Å². The van der Waals surface area contributed by atoms with Crippen molar-refractivity contribution in [2.24, 2.45) is 0 Å². The number of carbonyl (C=O) groups is 1. The van der Waals surface area contributed by atoms with E-state index in [0.29, 0.717) is 18.8 Å². The number of hydrogen-bond acceptors (Lipinski definition) is 3. The number of benzene rings is 1. The van der Waals surface area contributed by atoms with Gasteiger partial charge in [-0.25, -0.2) is 0 Å². The lowest BCUT2D eigenvalue weighted by atomic mass is 10.2. The molecule has 0 fully saturated rings. The van der Waals surface area contributed by atoms with E-state index in [0.717, 1.165) is 17.7 Å². The van der Waals surface area contributed by atoms with Crippen molar-refractivity contribution in [2.75, 3.05) is 20.2 Å². The number of amides is 1. The maximum absolute atomic E-state index is 12.3. The summed E-state index contributed by atoms with van der Waals surface area (Å²) >= 11 is 0. The lowest BCUT2D eigenvalue weighted by Gasteiger charge is -2.18. The minimum absolute atomic E-state index is 0.0805. The molecule has 0 aliphatic rings. The smallest absolute Gasteiger partial charge is 0.272 e. The molecule has 0 saturated carbocycles. The molecule has 116 valence electrons. The van der Waals surface area contributed by atoms with Crippen LogP contribution in [-0.4, -0.2) is 36.0 Å². The van der Waals surface area contributed by atoms with E-state index in [2.05, 4.69) is 24.0 Å². The fourth-order valence-corrected chi connectivity index (χ4v) is 2.11. The van der Waals surface area contributed by atoms with Crippen LogP contribution >= 0.6 is 0 Å². The molecular weight excluding hydrogens is 276 g/mol. The van der Waals surface area contributed by atoms with E-state index in [-0.39, 0.29) is 5.91 Å². The molecule has 1 heterocycles. The van der Waals surface area contributed by atoms with Crippen molar-refractivity contribution in [3.8, 4) is 5.75 Å². The predicted octanol–water partition coefficient (Wildman–Crippen LogP) is 3.10. The number of nitrogens with zero attached hydrogens (tertiary/aromatic N) is 2. The number of ether oxygens (including phenoxy) is 1. The van der Waals surface area contributed by atoms with E-state index in [4.69, 9.17) is 4.74 Å². The van der Waals surface area contributed by atoms with Crippen molar-refractivity contribution in [2.45, 2.75) is 20.3 Å². The summed E-state index contributed by atoms with van der Waals surface area (Å²) < 4.78 is 5.68. The first-order valence-electron chi connectivity index (χ1n) is 7.50. The van der Waals surface area contributed by atoms with Crippen LogP contribution in [0, 0.1) is 6.92 Å². The summed E-state index contributed by atoms with van der Waals surface area (Å²) in [5, 5.41) is 0. The Morgan fingerprint density at radius 3 is 2.59 bits per heavy atom. The fourth-order valence-electron chi connectivity index (χ4n) is 2.11. The highest BCUT2D eigenvalue weighted by Crippen LogP contribution is 2.12. The van der Waals surface area contributed by atoms with Gasteiger partial charge in [0.15, 0.2) is 0 Å². The maximum Gasteiger partial charge on any atom is 0.272 e. The van der Waals surface area contributed by atoms with Gasteiger partial charge in [0.2, 0.25) is 0 Å². The van der Waals surface area contributed by atoms with Crippen molar-refractivity contribution >= 4 is 5.91 Å². The van der Waals surface area contributed by atoms with E-state index in [9.17, 15) is 4.79 Å². The van der Waals surface area contributed by atoms with Gasteiger partial charge in [-0.05, 0) is 42.7 Å². The standard InChI is InChI=1S/C18H22N2O2/c1-4-15-7-9-16(10-8-15)22-13-12-20(3)18(21)17-14(2)6-5-11-19-17/h5-11H,4,12-13H2,1-3H3. The highest BCUT2D eigenvalue weighted by molar-refractivity contribution is 5.93. The molecule has 4 heteroatoms. The van der Waals surface area contributed by atoms with E-state index in [1.807, 2.05) is 31.2 Å². The van der Waals surface area contributed by atoms with E-state index in [1.54, 1.807) is 18.1 Å². The molecule has 0 radical (unpaired) electrons. The Labute approximate surface area is 131 Å². The molecule has 1 aromatic heterocycles.